The smallest absolute Gasteiger partial charge is 0.225 e. The van der Waals surface area contributed by atoms with Crippen LogP contribution >= 0.6 is 0 Å². The van der Waals surface area contributed by atoms with Gasteiger partial charge in [0.25, 0.3) is 0 Å². The molecule has 2 unspecified atom stereocenters. The van der Waals surface area contributed by atoms with Gasteiger partial charge < -0.3 is 20.5 Å². The van der Waals surface area contributed by atoms with Crippen molar-refractivity contribution in [3.05, 3.63) is 24.3 Å². The average molecular weight is 308 g/mol. The molecule has 0 saturated heterocycles. The van der Waals surface area contributed by atoms with Crippen molar-refractivity contribution in [1.82, 2.24) is 5.32 Å². The van der Waals surface area contributed by atoms with E-state index >= 15 is 0 Å². The van der Waals surface area contributed by atoms with E-state index in [0.717, 1.165) is 17.9 Å². The lowest BCUT2D eigenvalue weighted by Gasteiger charge is -2.18. The molecule has 0 aromatic heterocycles. The summed E-state index contributed by atoms with van der Waals surface area (Å²) in [6.07, 6.45) is 0.755. The first-order valence-electron chi connectivity index (χ1n) is 7.76. The van der Waals surface area contributed by atoms with Crippen LogP contribution in [0.15, 0.2) is 24.3 Å². The first-order chi connectivity index (χ1) is 10.4. The highest BCUT2D eigenvalue weighted by atomic mass is 16.5. The number of methoxy groups -OCH3 is 1. The number of hydrogen-bond donors (Lipinski definition) is 3. The van der Waals surface area contributed by atoms with E-state index in [1.165, 1.54) is 0 Å². The Morgan fingerprint density at radius 1 is 1.23 bits per heavy atom. The van der Waals surface area contributed by atoms with Crippen molar-refractivity contribution in [3.8, 4) is 5.75 Å². The van der Waals surface area contributed by atoms with Gasteiger partial charge in [0.1, 0.15) is 5.75 Å². The van der Waals surface area contributed by atoms with E-state index < -0.39 is 0 Å². The number of amides is 1. The minimum Gasteiger partial charge on any atom is -0.497 e. The molecule has 22 heavy (non-hydrogen) atoms. The van der Waals surface area contributed by atoms with Crippen molar-refractivity contribution < 1.29 is 14.6 Å². The standard InChI is InChI=1S/C17H28N2O3/c1-12(2)9-15(20)11-18-13(3)10-17(21)19-14-5-7-16(22-4)8-6-14/h5-8,12-13,15,18,20H,9-11H2,1-4H3,(H,19,21). The number of aliphatic hydroxyl groups is 1. The molecule has 0 fully saturated rings. The van der Waals surface area contributed by atoms with Gasteiger partial charge in [0.15, 0.2) is 0 Å². The fourth-order valence-electron chi connectivity index (χ4n) is 2.20. The van der Waals surface area contributed by atoms with Crippen molar-refractivity contribution in [2.45, 2.75) is 45.8 Å². The Kier molecular flexibility index (Phi) is 7.91. The summed E-state index contributed by atoms with van der Waals surface area (Å²) in [6, 6.07) is 7.24. The highest BCUT2D eigenvalue weighted by molar-refractivity contribution is 5.91. The van der Waals surface area contributed by atoms with Gasteiger partial charge >= 0.3 is 0 Å². The van der Waals surface area contributed by atoms with Crippen LogP contribution in [-0.4, -0.2) is 36.8 Å². The van der Waals surface area contributed by atoms with Crippen LogP contribution in [0.2, 0.25) is 0 Å². The number of carbonyl (C=O) groups is 1. The molecule has 0 heterocycles. The predicted molar refractivity (Wildman–Crippen MR) is 89.2 cm³/mol. The third-order valence-electron chi connectivity index (χ3n) is 3.31. The zero-order valence-electron chi connectivity index (χ0n) is 13.9. The number of nitrogens with one attached hydrogen (secondary N) is 2. The number of benzene rings is 1. The number of ether oxygens (including phenoxy) is 1. The third kappa shape index (κ3) is 7.43. The van der Waals surface area contributed by atoms with Crippen molar-refractivity contribution in [3.63, 3.8) is 0 Å². The second-order valence-electron chi connectivity index (χ2n) is 6.07. The second-order valence-corrected chi connectivity index (χ2v) is 6.07. The largest absolute Gasteiger partial charge is 0.497 e. The van der Waals surface area contributed by atoms with Crippen LogP contribution in [0.5, 0.6) is 5.75 Å². The summed E-state index contributed by atoms with van der Waals surface area (Å²) in [5, 5.41) is 15.9. The molecule has 0 aliphatic heterocycles. The quantitative estimate of drug-likeness (QED) is 0.655. The van der Waals surface area contributed by atoms with Crippen LogP contribution in [-0.2, 0) is 4.79 Å². The Morgan fingerprint density at radius 2 is 1.86 bits per heavy atom. The third-order valence-corrected chi connectivity index (χ3v) is 3.31. The van der Waals surface area contributed by atoms with Crippen LogP contribution in [0, 0.1) is 5.92 Å². The van der Waals surface area contributed by atoms with Gasteiger partial charge in [-0.1, -0.05) is 13.8 Å². The fraction of sp³-hybridized carbons (Fsp3) is 0.588. The van der Waals surface area contributed by atoms with E-state index in [1.807, 2.05) is 6.92 Å². The summed E-state index contributed by atoms with van der Waals surface area (Å²) in [6.45, 7) is 6.61. The molecule has 1 amide bonds. The minimum atomic E-state index is -0.368. The molecule has 1 rings (SSSR count). The molecule has 5 nitrogen and oxygen atoms in total. The van der Waals surface area contributed by atoms with E-state index in [-0.39, 0.29) is 18.1 Å². The molecule has 5 heteroatoms. The van der Waals surface area contributed by atoms with Crippen LogP contribution in [0.4, 0.5) is 5.69 Å². The maximum atomic E-state index is 12.0. The summed E-state index contributed by atoms with van der Waals surface area (Å²) in [7, 11) is 1.61. The van der Waals surface area contributed by atoms with E-state index in [4.69, 9.17) is 4.74 Å². The highest BCUT2D eigenvalue weighted by Gasteiger charge is 2.12. The van der Waals surface area contributed by atoms with Crippen molar-refractivity contribution >= 4 is 11.6 Å². The predicted octanol–water partition coefficient (Wildman–Crippen LogP) is 2.41. The van der Waals surface area contributed by atoms with E-state index in [0.29, 0.717) is 18.9 Å². The molecule has 0 saturated carbocycles. The van der Waals surface area contributed by atoms with E-state index in [9.17, 15) is 9.90 Å². The number of rotatable bonds is 9. The SMILES string of the molecule is COc1ccc(NC(=O)CC(C)NCC(O)CC(C)C)cc1. The summed E-state index contributed by atoms with van der Waals surface area (Å²) < 4.78 is 5.07. The zero-order valence-corrected chi connectivity index (χ0v) is 13.9. The maximum absolute atomic E-state index is 12.0. The molecule has 0 radical (unpaired) electrons. The van der Waals surface area contributed by atoms with E-state index in [1.54, 1.807) is 31.4 Å². The Hall–Kier alpha value is -1.59. The van der Waals surface area contributed by atoms with E-state index in [2.05, 4.69) is 24.5 Å². The van der Waals surface area contributed by atoms with Crippen LogP contribution in [0.1, 0.15) is 33.6 Å². The van der Waals surface area contributed by atoms with Gasteiger partial charge in [0.2, 0.25) is 5.91 Å². The second kappa shape index (κ2) is 9.43. The summed E-state index contributed by atoms with van der Waals surface area (Å²) in [4.78, 5) is 12.0. The molecule has 2 atom stereocenters. The lowest BCUT2D eigenvalue weighted by atomic mass is 10.1. The maximum Gasteiger partial charge on any atom is 0.225 e. The normalized spacial score (nSPS) is 13.7. The average Bonchev–Trinajstić information content (AvgIpc) is 2.45. The zero-order chi connectivity index (χ0) is 16.5. The molecule has 3 N–H and O–H groups in total. The van der Waals surface area contributed by atoms with Gasteiger partial charge in [-0.2, -0.15) is 0 Å². The fourth-order valence-corrected chi connectivity index (χ4v) is 2.20. The van der Waals surface area contributed by atoms with Crippen molar-refractivity contribution in [1.29, 1.82) is 0 Å². The minimum absolute atomic E-state index is 0.0139. The summed E-state index contributed by atoms with van der Waals surface area (Å²) in [5.41, 5.74) is 0.748. The lowest BCUT2D eigenvalue weighted by Crippen LogP contribution is -2.36. The number of aliphatic hydroxyl groups excluding tert-OH is 1. The van der Waals surface area contributed by atoms with Gasteiger partial charge in [-0.3, -0.25) is 4.79 Å². The first kappa shape index (κ1) is 18.5. The molecule has 0 aliphatic rings. The topological polar surface area (TPSA) is 70.6 Å². The number of anilines is 1. The molecule has 0 spiro atoms. The van der Waals surface area contributed by atoms with Gasteiger partial charge in [-0.25, -0.2) is 0 Å². The van der Waals surface area contributed by atoms with Crippen molar-refractivity contribution in [2.75, 3.05) is 19.0 Å². The number of hydrogen-bond acceptors (Lipinski definition) is 4. The molecule has 0 bridgehead atoms. The molecular weight excluding hydrogens is 280 g/mol. The Morgan fingerprint density at radius 3 is 2.41 bits per heavy atom. The Bertz CT molecular complexity index is 446. The highest BCUT2D eigenvalue weighted by Crippen LogP contribution is 2.15. The molecule has 0 aliphatic carbocycles. The van der Waals surface area contributed by atoms with Crippen molar-refractivity contribution in [2.24, 2.45) is 5.92 Å². The summed E-state index contributed by atoms with van der Waals surface area (Å²) >= 11 is 0. The lowest BCUT2D eigenvalue weighted by molar-refractivity contribution is -0.116. The monoisotopic (exact) mass is 308 g/mol. The first-order valence-corrected chi connectivity index (χ1v) is 7.76. The molecule has 1 aromatic carbocycles. The summed E-state index contributed by atoms with van der Waals surface area (Å²) in [5.74, 6) is 1.17. The molecule has 1 aromatic rings. The van der Waals surface area contributed by atoms with Gasteiger partial charge in [-0.05, 0) is 43.5 Å². The Labute approximate surface area is 133 Å². The van der Waals surface area contributed by atoms with Gasteiger partial charge in [0, 0.05) is 24.7 Å². The Balaban J connectivity index is 2.31. The molecular formula is C17H28N2O3. The van der Waals surface area contributed by atoms with Crippen LogP contribution < -0.4 is 15.4 Å². The van der Waals surface area contributed by atoms with Crippen LogP contribution in [0.3, 0.4) is 0 Å². The van der Waals surface area contributed by atoms with Gasteiger partial charge in [0.05, 0.1) is 13.2 Å². The van der Waals surface area contributed by atoms with Gasteiger partial charge in [-0.15, -0.1) is 0 Å². The van der Waals surface area contributed by atoms with Crippen LogP contribution in [0.25, 0.3) is 0 Å². The molecule has 124 valence electrons. The number of carbonyl (C=O) groups excluding carboxylic acids is 1.